The first-order chi connectivity index (χ1) is 8.09. The molecule has 2 rings (SSSR count). The van der Waals surface area contributed by atoms with Crippen molar-refractivity contribution in [1.29, 1.82) is 0 Å². The first-order valence-corrected chi connectivity index (χ1v) is 5.80. The van der Waals surface area contributed by atoms with E-state index in [-0.39, 0.29) is 17.5 Å². The molecule has 1 amide bonds. The van der Waals surface area contributed by atoms with E-state index in [0.717, 1.165) is 18.7 Å². The Kier molecular flexibility index (Phi) is 3.28. The summed E-state index contributed by atoms with van der Waals surface area (Å²) in [6, 6.07) is 1.64. The Morgan fingerprint density at radius 2 is 2.29 bits per heavy atom. The third-order valence-corrected chi connectivity index (χ3v) is 3.12. The van der Waals surface area contributed by atoms with Crippen molar-refractivity contribution in [2.75, 3.05) is 19.6 Å². The lowest BCUT2D eigenvalue weighted by Crippen LogP contribution is -2.52. The maximum atomic E-state index is 12.3. The van der Waals surface area contributed by atoms with Crippen molar-refractivity contribution in [2.45, 2.75) is 19.9 Å². The summed E-state index contributed by atoms with van der Waals surface area (Å²) in [4.78, 5) is 27.8. The summed E-state index contributed by atoms with van der Waals surface area (Å²) >= 11 is 0. The van der Waals surface area contributed by atoms with Gasteiger partial charge < -0.3 is 15.2 Å². The number of aryl methyl sites for hydroxylation is 1. The zero-order valence-electron chi connectivity index (χ0n) is 10.1. The molecular weight excluding hydrogens is 218 g/mol. The highest BCUT2D eigenvalue weighted by atomic mass is 16.2. The molecule has 92 valence electrons. The molecule has 1 saturated heterocycles. The van der Waals surface area contributed by atoms with Crippen LogP contribution in [0.15, 0.2) is 17.1 Å². The molecule has 1 aromatic rings. The van der Waals surface area contributed by atoms with Crippen LogP contribution in [-0.4, -0.2) is 41.5 Å². The number of nitrogens with zero attached hydrogens (tertiary/aromatic N) is 1. The molecule has 0 aliphatic carbocycles. The molecule has 5 heteroatoms. The van der Waals surface area contributed by atoms with E-state index in [1.54, 1.807) is 6.92 Å². The van der Waals surface area contributed by atoms with Gasteiger partial charge in [-0.25, -0.2) is 0 Å². The summed E-state index contributed by atoms with van der Waals surface area (Å²) < 4.78 is 0. The largest absolute Gasteiger partial charge is 0.333 e. The van der Waals surface area contributed by atoms with Crippen LogP contribution in [0.1, 0.15) is 22.8 Å². The first-order valence-electron chi connectivity index (χ1n) is 5.80. The van der Waals surface area contributed by atoms with Crippen LogP contribution in [0.5, 0.6) is 0 Å². The second kappa shape index (κ2) is 4.71. The van der Waals surface area contributed by atoms with E-state index in [2.05, 4.69) is 10.3 Å². The predicted molar refractivity (Wildman–Crippen MR) is 65.2 cm³/mol. The molecule has 0 aromatic carbocycles. The van der Waals surface area contributed by atoms with Crippen LogP contribution in [0.25, 0.3) is 0 Å². The summed E-state index contributed by atoms with van der Waals surface area (Å²) in [6.07, 6.45) is 1.51. The minimum atomic E-state index is -0.174. The zero-order valence-corrected chi connectivity index (χ0v) is 10.1. The number of H-pyrrole nitrogens is 1. The Hall–Kier alpha value is -1.62. The molecule has 17 heavy (non-hydrogen) atoms. The molecule has 1 atom stereocenters. The Morgan fingerprint density at radius 3 is 2.94 bits per heavy atom. The lowest BCUT2D eigenvalue weighted by molar-refractivity contribution is 0.0654. The van der Waals surface area contributed by atoms with Crippen LogP contribution in [0.2, 0.25) is 0 Å². The Bertz CT molecular complexity index is 481. The highest BCUT2D eigenvalue weighted by Crippen LogP contribution is 2.11. The molecule has 1 aliphatic rings. The normalized spacial score (nSPS) is 20.4. The van der Waals surface area contributed by atoms with Gasteiger partial charge in [0.15, 0.2) is 0 Å². The molecule has 5 nitrogen and oxygen atoms in total. The van der Waals surface area contributed by atoms with Gasteiger partial charge in [0.2, 0.25) is 5.56 Å². The van der Waals surface area contributed by atoms with Crippen molar-refractivity contribution < 1.29 is 4.79 Å². The van der Waals surface area contributed by atoms with Gasteiger partial charge in [-0.3, -0.25) is 9.59 Å². The van der Waals surface area contributed by atoms with Gasteiger partial charge in [0.05, 0.1) is 5.56 Å². The minimum absolute atomic E-state index is 0.00671. The van der Waals surface area contributed by atoms with Crippen molar-refractivity contribution in [3.63, 3.8) is 0 Å². The van der Waals surface area contributed by atoms with Crippen LogP contribution in [0.3, 0.4) is 0 Å². The minimum Gasteiger partial charge on any atom is -0.333 e. The van der Waals surface area contributed by atoms with E-state index in [1.165, 1.54) is 12.3 Å². The number of carbonyl (C=O) groups excluding carboxylic acids is 1. The van der Waals surface area contributed by atoms with E-state index in [1.807, 2.05) is 11.8 Å². The van der Waals surface area contributed by atoms with Gasteiger partial charge in [0.25, 0.3) is 5.91 Å². The molecular formula is C12H17N3O2. The second-order valence-corrected chi connectivity index (χ2v) is 4.45. The molecule has 2 heterocycles. The van der Waals surface area contributed by atoms with Crippen molar-refractivity contribution >= 4 is 5.91 Å². The third-order valence-electron chi connectivity index (χ3n) is 3.12. The number of aromatic nitrogens is 1. The Morgan fingerprint density at radius 1 is 1.53 bits per heavy atom. The van der Waals surface area contributed by atoms with Crippen LogP contribution >= 0.6 is 0 Å². The van der Waals surface area contributed by atoms with Gasteiger partial charge in [-0.15, -0.1) is 0 Å². The van der Waals surface area contributed by atoms with Crippen LogP contribution < -0.4 is 10.9 Å². The summed E-state index contributed by atoms with van der Waals surface area (Å²) in [5.41, 5.74) is 1.13. The lowest BCUT2D eigenvalue weighted by Gasteiger charge is -2.34. The molecule has 0 radical (unpaired) electrons. The number of pyridine rings is 1. The highest BCUT2D eigenvalue weighted by Gasteiger charge is 2.24. The van der Waals surface area contributed by atoms with Gasteiger partial charge >= 0.3 is 0 Å². The van der Waals surface area contributed by atoms with Crippen LogP contribution in [-0.2, 0) is 0 Å². The van der Waals surface area contributed by atoms with E-state index < -0.39 is 0 Å². The predicted octanol–water partition coefficient (Wildman–Crippen LogP) is 0.117. The number of hydrogen-bond donors (Lipinski definition) is 2. The fourth-order valence-electron chi connectivity index (χ4n) is 2.10. The van der Waals surface area contributed by atoms with Crippen molar-refractivity contribution in [2.24, 2.45) is 0 Å². The Balaban J connectivity index is 2.27. The fourth-order valence-corrected chi connectivity index (χ4v) is 2.10. The molecule has 1 aliphatic heterocycles. The standard InChI is InChI=1S/C12H17N3O2/c1-8-5-11(16)14-7-10(8)12(17)15-4-3-13-6-9(15)2/h5,7,9,13H,3-4,6H2,1-2H3,(H,14,16)/t9-/m1/s1. The quantitative estimate of drug-likeness (QED) is 0.726. The van der Waals surface area contributed by atoms with Crippen molar-refractivity contribution in [3.8, 4) is 0 Å². The third kappa shape index (κ3) is 2.39. The van der Waals surface area contributed by atoms with Crippen LogP contribution in [0.4, 0.5) is 0 Å². The molecule has 0 unspecified atom stereocenters. The lowest BCUT2D eigenvalue weighted by atomic mass is 10.1. The number of carbonyl (C=O) groups is 1. The zero-order chi connectivity index (χ0) is 12.4. The smallest absolute Gasteiger partial charge is 0.255 e. The number of rotatable bonds is 1. The van der Waals surface area contributed by atoms with Crippen LogP contribution in [0, 0.1) is 6.92 Å². The highest BCUT2D eigenvalue weighted by molar-refractivity contribution is 5.95. The number of amides is 1. The summed E-state index contributed by atoms with van der Waals surface area (Å²) in [5, 5.41) is 3.24. The topological polar surface area (TPSA) is 65.2 Å². The average Bonchev–Trinajstić information content (AvgIpc) is 2.29. The monoisotopic (exact) mass is 235 g/mol. The SMILES string of the molecule is Cc1cc(=O)[nH]cc1C(=O)N1CCNC[C@H]1C. The molecule has 1 aromatic heterocycles. The maximum Gasteiger partial charge on any atom is 0.255 e. The van der Waals surface area contributed by atoms with Crippen molar-refractivity contribution in [3.05, 3.63) is 33.7 Å². The van der Waals surface area contributed by atoms with E-state index in [9.17, 15) is 9.59 Å². The molecule has 2 N–H and O–H groups in total. The van der Waals surface area contributed by atoms with E-state index in [4.69, 9.17) is 0 Å². The van der Waals surface area contributed by atoms with Gasteiger partial charge in [-0.1, -0.05) is 0 Å². The summed E-state index contributed by atoms with van der Waals surface area (Å²) in [5.74, 6) is -0.00671. The Labute approximate surface area is 99.8 Å². The molecule has 0 spiro atoms. The second-order valence-electron chi connectivity index (χ2n) is 4.45. The first kappa shape index (κ1) is 11.9. The number of aromatic amines is 1. The van der Waals surface area contributed by atoms with Gasteiger partial charge in [-0.2, -0.15) is 0 Å². The number of piperazine rings is 1. The van der Waals surface area contributed by atoms with Crippen molar-refractivity contribution in [1.82, 2.24) is 15.2 Å². The average molecular weight is 235 g/mol. The maximum absolute atomic E-state index is 12.3. The number of hydrogen-bond acceptors (Lipinski definition) is 3. The molecule has 1 fully saturated rings. The summed E-state index contributed by atoms with van der Waals surface area (Å²) in [6.45, 7) is 6.14. The summed E-state index contributed by atoms with van der Waals surface area (Å²) in [7, 11) is 0. The number of nitrogens with one attached hydrogen (secondary N) is 2. The van der Waals surface area contributed by atoms with E-state index in [0.29, 0.717) is 12.1 Å². The fraction of sp³-hybridized carbons (Fsp3) is 0.500. The van der Waals surface area contributed by atoms with E-state index >= 15 is 0 Å². The van der Waals surface area contributed by atoms with Gasteiger partial charge in [0, 0.05) is 37.9 Å². The van der Waals surface area contributed by atoms with Gasteiger partial charge in [0.1, 0.15) is 0 Å². The molecule has 0 bridgehead atoms. The molecule has 0 saturated carbocycles. The van der Waals surface area contributed by atoms with Gasteiger partial charge in [-0.05, 0) is 19.4 Å².